The smallest absolute Gasteiger partial charge is 0.328 e. The van der Waals surface area contributed by atoms with Gasteiger partial charge in [-0.1, -0.05) is 17.7 Å². The Morgan fingerprint density at radius 1 is 1.50 bits per heavy atom. The lowest BCUT2D eigenvalue weighted by Crippen LogP contribution is -2.41. The highest BCUT2D eigenvalue weighted by Crippen LogP contribution is 2.25. The minimum atomic E-state index is -0.916. The lowest BCUT2D eigenvalue weighted by molar-refractivity contribution is -0.145. The van der Waals surface area contributed by atoms with Gasteiger partial charge in [-0.15, -0.1) is 0 Å². The zero-order chi connectivity index (χ0) is 14.9. The molecular weight excluding hydrogens is 289 g/mol. The number of carbonyl (C=O) groups excluding carboxylic acids is 2. The van der Waals surface area contributed by atoms with E-state index in [1.54, 1.807) is 0 Å². The number of hydrogen-bond donors (Lipinski definition) is 1. The van der Waals surface area contributed by atoms with Gasteiger partial charge in [-0.05, 0) is 12.1 Å². The molecule has 1 N–H and O–H groups in total. The first-order valence-electron chi connectivity index (χ1n) is 5.96. The van der Waals surface area contributed by atoms with E-state index in [2.05, 4.69) is 4.74 Å². The van der Waals surface area contributed by atoms with Crippen molar-refractivity contribution in [2.75, 3.05) is 13.7 Å². The molecule has 0 aliphatic carbocycles. The number of methoxy groups -OCH3 is 1. The van der Waals surface area contributed by atoms with Crippen LogP contribution in [-0.4, -0.2) is 47.7 Å². The third kappa shape index (κ3) is 2.62. The Bertz CT molecular complexity index is 551. The van der Waals surface area contributed by atoms with Crippen molar-refractivity contribution >= 4 is 23.5 Å². The van der Waals surface area contributed by atoms with E-state index < -0.39 is 29.8 Å². The minimum absolute atomic E-state index is 0.0510. The maximum Gasteiger partial charge on any atom is 0.328 e. The first-order chi connectivity index (χ1) is 9.45. The minimum Gasteiger partial charge on any atom is -0.467 e. The van der Waals surface area contributed by atoms with Crippen molar-refractivity contribution in [3.05, 3.63) is 34.6 Å². The molecule has 1 aromatic rings. The van der Waals surface area contributed by atoms with Gasteiger partial charge in [-0.25, -0.2) is 9.18 Å². The van der Waals surface area contributed by atoms with Crippen LogP contribution in [-0.2, 0) is 9.53 Å². The molecule has 5 nitrogen and oxygen atoms in total. The topological polar surface area (TPSA) is 66.8 Å². The molecule has 0 bridgehead atoms. The van der Waals surface area contributed by atoms with E-state index in [0.717, 1.165) is 4.90 Å². The van der Waals surface area contributed by atoms with Crippen molar-refractivity contribution in [3.63, 3.8) is 0 Å². The van der Waals surface area contributed by atoms with Crippen LogP contribution >= 0.6 is 11.6 Å². The van der Waals surface area contributed by atoms with E-state index in [1.807, 2.05) is 0 Å². The van der Waals surface area contributed by atoms with Gasteiger partial charge in [0.1, 0.15) is 6.04 Å². The maximum absolute atomic E-state index is 13.9. The first-order valence-corrected chi connectivity index (χ1v) is 6.34. The maximum atomic E-state index is 13.9. The number of ether oxygens (including phenoxy) is 1. The summed E-state index contributed by atoms with van der Waals surface area (Å²) >= 11 is 5.63. The van der Waals surface area contributed by atoms with Crippen molar-refractivity contribution in [2.45, 2.75) is 18.6 Å². The zero-order valence-electron chi connectivity index (χ0n) is 10.7. The van der Waals surface area contributed by atoms with Crippen LogP contribution in [0.5, 0.6) is 0 Å². The molecule has 108 valence electrons. The standard InChI is InChI=1S/C13H13ClFNO4/c1-20-13(19)10-5-7(17)6-16(10)12(18)8-3-2-4-9(14)11(8)15/h2-4,7,10,17H,5-6H2,1H3. The Morgan fingerprint density at radius 3 is 2.85 bits per heavy atom. The lowest BCUT2D eigenvalue weighted by atomic mass is 10.1. The number of likely N-dealkylation sites (tertiary alicyclic amines) is 1. The average Bonchev–Trinajstić information content (AvgIpc) is 2.82. The summed E-state index contributed by atoms with van der Waals surface area (Å²) in [7, 11) is 1.19. The van der Waals surface area contributed by atoms with E-state index in [-0.39, 0.29) is 23.6 Å². The molecule has 2 atom stereocenters. The molecule has 20 heavy (non-hydrogen) atoms. The molecule has 1 aliphatic heterocycles. The molecule has 1 saturated heterocycles. The Hall–Kier alpha value is -1.66. The number of β-amino-alcohol motifs (C(OH)–C–C–N with tert-alkyl or cyclic N) is 1. The fraction of sp³-hybridized carbons (Fsp3) is 0.385. The first kappa shape index (κ1) is 14.7. The summed E-state index contributed by atoms with van der Waals surface area (Å²) in [6.07, 6.45) is -0.772. The van der Waals surface area contributed by atoms with Gasteiger partial charge in [-0.2, -0.15) is 0 Å². The molecule has 0 spiro atoms. The second-order valence-electron chi connectivity index (χ2n) is 4.49. The largest absolute Gasteiger partial charge is 0.467 e. The van der Waals surface area contributed by atoms with E-state index in [9.17, 15) is 19.1 Å². The highest BCUT2D eigenvalue weighted by Gasteiger charge is 2.40. The predicted octanol–water partition coefficient (Wildman–Crippen LogP) is 1.23. The van der Waals surface area contributed by atoms with Crippen LogP contribution in [0.4, 0.5) is 4.39 Å². The van der Waals surface area contributed by atoms with E-state index in [1.165, 1.54) is 25.3 Å². The Kier molecular flexibility index (Phi) is 4.25. The normalized spacial score (nSPS) is 21.9. The summed E-state index contributed by atoms with van der Waals surface area (Å²) in [5.74, 6) is -2.18. The number of hydrogen-bond acceptors (Lipinski definition) is 4. The van der Waals surface area contributed by atoms with Gasteiger partial charge in [0.15, 0.2) is 5.82 Å². The number of esters is 1. The van der Waals surface area contributed by atoms with Gasteiger partial charge in [0.2, 0.25) is 0 Å². The molecule has 1 aliphatic rings. The van der Waals surface area contributed by atoms with Crippen molar-refractivity contribution < 1.29 is 23.8 Å². The Morgan fingerprint density at radius 2 is 2.20 bits per heavy atom. The summed E-state index contributed by atoms with van der Waals surface area (Å²) < 4.78 is 18.4. The van der Waals surface area contributed by atoms with Crippen LogP contribution in [0.2, 0.25) is 5.02 Å². The van der Waals surface area contributed by atoms with Crippen molar-refractivity contribution in [3.8, 4) is 0 Å². The number of carbonyl (C=O) groups is 2. The summed E-state index contributed by atoms with van der Waals surface area (Å²) in [6, 6.07) is 3.13. The quantitative estimate of drug-likeness (QED) is 0.834. The van der Waals surface area contributed by atoms with Crippen molar-refractivity contribution in [1.29, 1.82) is 0 Å². The van der Waals surface area contributed by atoms with Crippen LogP contribution in [0.25, 0.3) is 0 Å². The molecular formula is C13H13ClFNO4. The number of aliphatic hydroxyl groups excluding tert-OH is 1. The third-order valence-electron chi connectivity index (χ3n) is 3.20. The van der Waals surface area contributed by atoms with Gasteiger partial charge >= 0.3 is 5.97 Å². The fourth-order valence-electron chi connectivity index (χ4n) is 2.22. The van der Waals surface area contributed by atoms with Gasteiger partial charge in [0.05, 0.1) is 23.8 Å². The summed E-state index contributed by atoms with van der Waals surface area (Å²) in [4.78, 5) is 25.0. The van der Waals surface area contributed by atoms with Crippen molar-refractivity contribution in [1.82, 2.24) is 4.90 Å². The SMILES string of the molecule is COC(=O)C1CC(O)CN1C(=O)c1cccc(Cl)c1F. The number of halogens is 2. The number of aliphatic hydroxyl groups is 1. The van der Waals surface area contributed by atoms with Crippen molar-refractivity contribution in [2.24, 2.45) is 0 Å². The highest BCUT2D eigenvalue weighted by atomic mass is 35.5. The average molecular weight is 302 g/mol. The molecule has 1 aromatic carbocycles. The molecule has 1 heterocycles. The number of nitrogens with zero attached hydrogens (tertiary/aromatic N) is 1. The van der Waals surface area contributed by atoms with Gasteiger partial charge in [-0.3, -0.25) is 4.79 Å². The second-order valence-corrected chi connectivity index (χ2v) is 4.89. The Labute approximate surface area is 119 Å². The van der Waals surface area contributed by atoms with E-state index in [0.29, 0.717) is 0 Å². The number of rotatable bonds is 2. The monoisotopic (exact) mass is 301 g/mol. The van der Waals surface area contributed by atoms with E-state index in [4.69, 9.17) is 11.6 Å². The molecule has 1 fully saturated rings. The predicted molar refractivity (Wildman–Crippen MR) is 68.9 cm³/mol. The molecule has 2 rings (SSSR count). The zero-order valence-corrected chi connectivity index (χ0v) is 11.4. The van der Waals surface area contributed by atoms with Crippen LogP contribution in [0, 0.1) is 5.82 Å². The van der Waals surface area contributed by atoms with Crippen LogP contribution in [0.15, 0.2) is 18.2 Å². The highest BCUT2D eigenvalue weighted by molar-refractivity contribution is 6.31. The van der Waals surface area contributed by atoms with Gasteiger partial charge in [0, 0.05) is 13.0 Å². The third-order valence-corrected chi connectivity index (χ3v) is 3.49. The van der Waals surface area contributed by atoms with Crippen LogP contribution in [0.3, 0.4) is 0 Å². The molecule has 0 saturated carbocycles. The molecule has 0 aromatic heterocycles. The van der Waals surface area contributed by atoms with Crippen LogP contribution in [0.1, 0.15) is 16.8 Å². The summed E-state index contributed by atoms with van der Waals surface area (Å²) in [5.41, 5.74) is -0.236. The molecule has 2 unspecified atom stereocenters. The second kappa shape index (κ2) is 5.76. The Balaban J connectivity index is 2.31. The lowest BCUT2D eigenvalue weighted by Gasteiger charge is -2.22. The van der Waals surface area contributed by atoms with E-state index >= 15 is 0 Å². The molecule has 1 amide bonds. The number of benzene rings is 1. The molecule has 0 radical (unpaired) electrons. The van der Waals surface area contributed by atoms with Gasteiger partial charge < -0.3 is 14.7 Å². The molecule has 7 heteroatoms. The van der Waals surface area contributed by atoms with Crippen LogP contribution < -0.4 is 0 Å². The fourth-order valence-corrected chi connectivity index (χ4v) is 2.40. The summed E-state index contributed by atoms with van der Waals surface area (Å²) in [5, 5.41) is 9.44. The van der Waals surface area contributed by atoms with Gasteiger partial charge in [0.25, 0.3) is 5.91 Å². The number of amides is 1. The summed E-state index contributed by atoms with van der Waals surface area (Å²) in [6.45, 7) is -0.0510.